The van der Waals surface area contributed by atoms with Crippen molar-refractivity contribution in [1.82, 2.24) is 14.9 Å². The number of aromatic nitrogens is 2. The van der Waals surface area contributed by atoms with Gasteiger partial charge in [0, 0.05) is 49.2 Å². The summed E-state index contributed by atoms with van der Waals surface area (Å²) in [4.78, 5) is 13.9. The zero-order valence-corrected chi connectivity index (χ0v) is 17.3. The Morgan fingerprint density at radius 3 is 2.28 bits per heavy atom. The quantitative estimate of drug-likeness (QED) is 0.688. The fraction of sp³-hybridized carbons (Fsp3) is 0.333. The molecular formula is C21H24ClN5O2. The van der Waals surface area contributed by atoms with Gasteiger partial charge in [0.25, 0.3) is 0 Å². The Bertz CT molecular complexity index is 1000. The van der Waals surface area contributed by atoms with Gasteiger partial charge >= 0.3 is 0 Å². The number of rotatable bonds is 5. The summed E-state index contributed by atoms with van der Waals surface area (Å²) >= 11 is 5.97. The zero-order valence-electron chi connectivity index (χ0n) is 16.6. The molecule has 0 radical (unpaired) electrons. The van der Waals surface area contributed by atoms with E-state index in [1.54, 1.807) is 14.2 Å². The summed E-state index contributed by atoms with van der Waals surface area (Å²) in [6, 6.07) is 11.7. The average Bonchev–Trinajstić information content (AvgIpc) is 2.75. The SMILES string of the molecule is COc1cc2nc(N3CCN(Cc4ccc(Cl)cc4)CC3)nc(N)c2cc1OC. The second kappa shape index (κ2) is 8.31. The summed E-state index contributed by atoms with van der Waals surface area (Å²) in [6.07, 6.45) is 0. The Labute approximate surface area is 175 Å². The number of nitrogens with zero attached hydrogens (tertiary/aromatic N) is 4. The first-order valence-electron chi connectivity index (χ1n) is 9.48. The van der Waals surface area contributed by atoms with Crippen LogP contribution in [0.2, 0.25) is 5.02 Å². The predicted octanol–water partition coefficient (Wildman–Crippen LogP) is 3.20. The second-order valence-corrected chi connectivity index (χ2v) is 7.46. The van der Waals surface area contributed by atoms with E-state index in [9.17, 15) is 0 Å². The van der Waals surface area contributed by atoms with Gasteiger partial charge in [0.15, 0.2) is 11.5 Å². The lowest BCUT2D eigenvalue weighted by atomic mass is 10.2. The van der Waals surface area contributed by atoms with Crippen LogP contribution in [0.15, 0.2) is 36.4 Å². The van der Waals surface area contributed by atoms with Gasteiger partial charge in [-0.05, 0) is 23.8 Å². The van der Waals surface area contributed by atoms with Gasteiger partial charge in [-0.1, -0.05) is 23.7 Å². The highest BCUT2D eigenvalue weighted by Crippen LogP contribution is 2.34. The molecule has 0 atom stereocenters. The Morgan fingerprint density at radius 2 is 1.62 bits per heavy atom. The Kier molecular flexibility index (Phi) is 5.60. The molecule has 1 aliphatic heterocycles. The summed E-state index contributed by atoms with van der Waals surface area (Å²) in [5.74, 6) is 2.32. The number of nitrogen functional groups attached to an aromatic ring is 1. The van der Waals surface area contributed by atoms with Crippen molar-refractivity contribution in [2.24, 2.45) is 0 Å². The third-order valence-electron chi connectivity index (χ3n) is 5.19. The van der Waals surface area contributed by atoms with Crippen LogP contribution in [0.25, 0.3) is 10.9 Å². The van der Waals surface area contributed by atoms with Crippen molar-refractivity contribution in [3.63, 3.8) is 0 Å². The van der Waals surface area contributed by atoms with E-state index in [4.69, 9.17) is 31.8 Å². The zero-order chi connectivity index (χ0) is 20.4. The summed E-state index contributed by atoms with van der Waals surface area (Å²) in [5.41, 5.74) is 8.23. The van der Waals surface area contributed by atoms with E-state index in [1.807, 2.05) is 24.3 Å². The molecule has 0 amide bonds. The van der Waals surface area contributed by atoms with Crippen LogP contribution in [0.1, 0.15) is 5.56 Å². The van der Waals surface area contributed by atoms with Gasteiger partial charge in [0.2, 0.25) is 5.95 Å². The van der Waals surface area contributed by atoms with Crippen LogP contribution >= 0.6 is 11.6 Å². The molecule has 2 N–H and O–H groups in total. The van der Waals surface area contributed by atoms with Crippen molar-refractivity contribution >= 4 is 34.3 Å². The molecule has 1 aromatic heterocycles. The number of benzene rings is 2. The molecule has 0 spiro atoms. The minimum atomic E-state index is 0.439. The molecule has 0 aliphatic carbocycles. The molecule has 152 valence electrons. The van der Waals surface area contributed by atoms with Crippen LogP contribution in [0, 0.1) is 0 Å². The predicted molar refractivity (Wildman–Crippen MR) is 116 cm³/mol. The van der Waals surface area contributed by atoms with E-state index >= 15 is 0 Å². The number of halogens is 1. The first-order chi connectivity index (χ1) is 14.1. The Balaban J connectivity index is 1.49. The molecule has 1 saturated heterocycles. The maximum atomic E-state index is 6.23. The van der Waals surface area contributed by atoms with Gasteiger partial charge in [0.1, 0.15) is 5.82 Å². The number of hydrogen-bond acceptors (Lipinski definition) is 7. The van der Waals surface area contributed by atoms with Crippen LogP contribution in [0.5, 0.6) is 11.5 Å². The van der Waals surface area contributed by atoms with Crippen LogP contribution in [-0.4, -0.2) is 55.3 Å². The van der Waals surface area contributed by atoms with Crippen molar-refractivity contribution in [2.45, 2.75) is 6.54 Å². The Morgan fingerprint density at radius 1 is 0.966 bits per heavy atom. The summed E-state index contributed by atoms with van der Waals surface area (Å²) in [6.45, 7) is 4.44. The maximum Gasteiger partial charge on any atom is 0.227 e. The minimum Gasteiger partial charge on any atom is -0.493 e. The molecule has 0 unspecified atom stereocenters. The maximum absolute atomic E-state index is 6.23. The van der Waals surface area contributed by atoms with E-state index < -0.39 is 0 Å². The topological polar surface area (TPSA) is 76.7 Å². The molecule has 29 heavy (non-hydrogen) atoms. The smallest absolute Gasteiger partial charge is 0.227 e. The molecule has 1 aliphatic rings. The number of nitrogens with two attached hydrogens (primary N) is 1. The second-order valence-electron chi connectivity index (χ2n) is 7.02. The van der Waals surface area contributed by atoms with E-state index in [0.717, 1.165) is 48.6 Å². The number of hydrogen-bond donors (Lipinski definition) is 1. The highest BCUT2D eigenvalue weighted by atomic mass is 35.5. The molecular weight excluding hydrogens is 390 g/mol. The number of anilines is 2. The Hall–Kier alpha value is -2.77. The van der Waals surface area contributed by atoms with Crippen molar-refractivity contribution in [3.05, 3.63) is 47.0 Å². The summed E-state index contributed by atoms with van der Waals surface area (Å²) in [5, 5.41) is 1.52. The number of fused-ring (bicyclic) bond motifs is 1. The molecule has 1 fully saturated rings. The molecule has 2 heterocycles. The molecule has 0 bridgehead atoms. The van der Waals surface area contributed by atoms with Crippen molar-refractivity contribution < 1.29 is 9.47 Å². The lowest BCUT2D eigenvalue weighted by Crippen LogP contribution is -2.46. The molecule has 8 heteroatoms. The summed E-state index contributed by atoms with van der Waals surface area (Å²) in [7, 11) is 3.20. The van der Waals surface area contributed by atoms with Crippen LogP contribution < -0.4 is 20.1 Å². The monoisotopic (exact) mass is 413 g/mol. The van der Waals surface area contributed by atoms with Gasteiger partial charge < -0.3 is 20.1 Å². The summed E-state index contributed by atoms with van der Waals surface area (Å²) < 4.78 is 10.7. The first-order valence-corrected chi connectivity index (χ1v) is 9.86. The number of ether oxygens (including phenoxy) is 2. The van der Waals surface area contributed by atoms with Gasteiger partial charge in [-0.2, -0.15) is 4.98 Å². The lowest BCUT2D eigenvalue weighted by molar-refractivity contribution is 0.249. The number of piperazine rings is 1. The van der Waals surface area contributed by atoms with Crippen LogP contribution in [0.3, 0.4) is 0 Å². The fourth-order valence-electron chi connectivity index (χ4n) is 3.56. The van der Waals surface area contributed by atoms with E-state index in [1.165, 1.54) is 5.56 Å². The third-order valence-corrected chi connectivity index (χ3v) is 5.45. The van der Waals surface area contributed by atoms with Gasteiger partial charge in [-0.25, -0.2) is 4.98 Å². The molecule has 0 saturated carbocycles. The average molecular weight is 414 g/mol. The fourth-order valence-corrected chi connectivity index (χ4v) is 3.69. The molecule has 2 aromatic carbocycles. The van der Waals surface area contributed by atoms with Crippen molar-refractivity contribution in [3.8, 4) is 11.5 Å². The molecule has 7 nitrogen and oxygen atoms in total. The van der Waals surface area contributed by atoms with E-state index in [0.29, 0.717) is 23.3 Å². The third kappa shape index (κ3) is 4.16. The van der Waals surface area contributed by atoms with E-state index in [2.05, 4.69) is 26.9 Å². The van der Waals surface area contributed by atoms with E-state index in [-0.39, 0.29) is 0 Å². The van der Waals surface area contributed by atoms with Crippen LogP contribution in [0.4, 0.5) is 11.8 Å². The van der Waals surface area contributed by atoms with Crippen molar-refractivity contribution in [1.29, 1.82) is 0 Å². The highest BCUT2D eigenvalue weighted by molar-refractivity contribution is 6.30. The largest absolute Gasteiger partial charge is 0.493 e. The molecule has 4 rings (SSSR count). The first kappa shape index (κ1) is 19.5. The minimum absolute atomic E-state index is 0.439. The van der Waals surface area contributed by atoms with Gasteiger partial charge in [-0.15, -0.1) is 0 Å². The highest BCUT2D eigenvalue weighted by Gasteiger charge is 2.21. The normalized spacial score (nSPS) is 14.9. The van der Waals surface area contributed by atoms with Crippen LogP contribution in [-0.2, 0) is 6.54 Å². The van der Waals surface area contributed by atoms with Gasteiger partial charge in [-0.3, -0.25) is 4.90 Å². The van der Waals surface area contributed by atoms with Crippen molar-refractivity contribution in [2.75, 3.05) is 51.0 Å². The number of methoxy groups -OCH3 is 2. The molecule has 3 aromatic rings. The lowest BCUT2D eigenvalue weighted by Gasteiger charge is -2.34. The van der Waals surface area contributed by atoms with Gasteiger partial charge in [0.05, 0.1) is 19.7 Å². The standard InChI is InChI=1S/C21H24ClN5O2/c1-28-18-11-16-17(12-19(18)29-2)24-21(25-20(16)23)27-9-7-26(8-10-27)13-14-3-5-15(22)6-4-14/h3-6,11-12H,7-10,13H2,1-2H3,(H2,23,24,25).